The van der Waals surface area contributed by atoms with E-state index in [0.717, 1.165) is 16.8 Å². The van der Waals surface area contributed by atoms with Crippen LogP contribution in [0.1, 0.15) is 33.9 Å². The number of aliphatic hydroxyl groups excluding tert-OH is 1. The van der Waals surface area contributed by atoms with Crippen molar-refractivity contribution in [3.05, 3.63) is 73.9 Å². The Morgan fingerprint density at radius 1 is 1.32 bits per heavy atom. The number of hydrogen-bond donors (Lipinski definition) is 3. The van der Waals surface area contributed by atoms with Crippen LogP contribution in [-0.2, 0) is 23.4 Å². The van der Waals surface area contributed by atoms with Crippen LogP contribution in [0.5, 0.6) is 5.75 Å². The Kier molecular flexibility index (Phi) is 9.15. The van der Waals surface area contributed by atoms with Crippen LogP contribution in [0.2, 0.25) is 0 Å². The third kappa shape index (κ3) is 6.70. The number of hydrogen-bond acceptors (Lipinski definition) is 10. The van der Waals surface area contributed by atoms with Gasteiger partial charge in [-0.05, 0) is 45.4 Å². The Balaban J connectivity index is 1.87. The van der Waals surface area contributed by atoms with Crippen LogP contribution in [0.25, 0.3) is 10.4 Å². The number of azide groups is 1. The van der Waals surface area contributed by atoms with E-state index >= 15 is 0 Å². The molecule has 1 aliphatic heterocycles. The largest absolute Gasteiger partial charge is 0.462 e. The number of esters is 1. The molecule has 2 unspecified atom stereocenters. The smallest absolute Gasteiger partial charge is 0.459 e. The Hall–Kier alpha value is -3.45. The number of benzene rings is 1. The topological polar surface area (TPSA) is 207 Å². The fourth-order valence-corrected chi connectivity index (χ4v) is 5.20. The van der Waals surface area contributed by atoms with E-state index in [-0.39, 0.29) is 5.75 Å². The molecule has 1 aromatic heterocycles. The molecule has 1 aromatic carbocycles. The Labute approximate surface area is 216 Å². The van der Waals surface area contributed by atoms with Gasteiger partial charge in [0.2, 0.25) is 0 Å². The summed E-state index contributed by atoms with van der Waals surface area (Å²) < 4.78 is 36.7. The van der Waals surface area contributed by atoms with Crippen molar-refractivity contribution in [1.29, 1.82) is 0 Å². The Morgan fingerprint density at radius 2 is 2.00 bits per heavy atom. The van der Waals surface area contributed by atoms with Crippen LogP contribution in [0.3, 0.4) is 0 Å². The predicted octanol–water partition coefficient (Wildman–Crippen LogP) is 2.00. The average Bonchev–Trinajstić information content (AvgIpc) is 3.08. The van der Waals surface area contributed by atoms with Crippen LogP contribution < -0.4 is 20.9 Å². The zero-order valence-electron chi connectivity index (χ0n) is 21.1. The first kappa shape index (κ1) is 29.1. The minimum Gasteiger partial charge on any atom is -0.462 e. The van der Waals surface area contributed by atoms with E-state index in [0.29, 0.717) is 0 Å². The van der Waals surface area contributed by atoms with Crippen molar-refractivity contribution in [1.82, 2.24) is 14.6 Å². The maximum atomic E-state index is 13.7. The van der Waals surface area contributed by atoms with Gasteiger partial charge in [0.25, 0.3) is 5.56 Å². The summed E-state index contributed by atoms with van der Waals surface area (Å²) in [6, 6.07) is 7.98. The number of aromatic amines is 1. The van der Waals surface area contributed by atoms with E-state index in [1.54, 1.807) is 32.0 Å². The third-order valence-corrected chi connectivity index (χ3v) is 7.20. The zero-order chi connectivity index (χ0) is 28.1. The summed E-state index contributed by atoms with van der Waals surface area (Å²) in [4.78, 5) is 41.0. The first-order valence-corrected chi connectivity index (χ1v) is 13.1. The van der Waals surface area contributed by atoms with Crippen molar-refractivity contribution in [2.45, 2.75) is 63.8 Å². The molecule has 6 atom stereocenters. The third-order valence-electron chi connectivity index (χ3n) is 5.55. The lowest BCUT2D eigenvalue weighted by molar-refractivity contribution is -0.149. The van der Waals surface area contributed by atoms with Crippen molar-refractivity contribution in [3.63, 3.8) is 0 Å². The van der Waals surface area contributed by atoms with E-state index in [9.17, 15) is 24.1 Å². The van der Waals surface area contributed by atoms with E-state index in [1.807, 2.05) is 0 Å². The predicted molar refractivity (Wildman–Crippen MR) is 133 cm³/mol. The van der Waals surface area contributed by atoms with Gasteiger partial charge in [-0.15, -0.1) is 0 Å². The fourth-order valence-electron chi connectivity index (χ4n) is 3.70. The van der Waals surface area contributed by atoms with Crippen molar-refractivity contribution >= 4 is 13.7 Å². The number of carbonyl (C=O) groups is 1. The lowest BCUT2D eigenvalue weighted by Crippen LogP contribution is -2.45. The molecule has 38 heavy (non-hydrogen) atoms. The zero-order valence-corrected chi connectivity index (χ0v) is 22.0. The average molecular weight is 552 g/mol. The quantitative estimate of drug-likeness (QED) is 0.121. The highest BCUT2D eigenvalue weighted by Crippen LogP contribution is 2.47. The number of nitrogens with zero attached hydrogens (tertiary/aromatic N) is 4. The lowest BCUT2D eigenvalue weighted by Gasteiger charge is -2.28. The van der Waals surface area contributed by atoms with Crippen LogP contribution in [0.15, 0.2) is 57.3 Å². The molecule has 2 heterocycles. The van der Waals surface area contributed by atoms with Crippen molar-refractivity contribution in [2.75, 3.05) is 6.61 Å². The molecule has 0 amide bonds. The molecule has 0 spiro atoms. The van der Waals surface area contributed by atoms with Gasteiger partial charge in [-0.2, -0.15) is 5.09 Å². The second-order valence-electron chi connectivity index (χ2n) is 8.94. The molecule has 0 saturated carbocycles. The first-order chi connectivity index (χ1) is 17.9. The fraction of sp³-hybridized carbons (Fsp3) is 0.500. The number of para-hydroxylation sites is 1. The summed E-state index contributed by atoms with van der Waals surface area (Å²) in [5.41, 5.74) is 5.85. The second kappa shape index (κ2) is 11.9. The highest BCUT2D eigenvalue weighted by molar-refractivity contribution is 7.52. The van der Waals surface area contributed by atoms with Gasteiger partial charge in [-0.3, -0.25) is 23.7 Å². The molecular formula is C22H29N6O9P. The van der Waals surface area contributed by atoms with E-state index in [2.05, 4.69) is 20.1 Å². The molecule has 0 radical (unpaired) electrons. The molecule has 206 valence electrons. The van der Waals surface area contributed by atoms with Crippen LogP contribution in [-0.4, -0.2) is 57.1 Å². The Morgan fingerprint density at radius 3 is 2.61 bits per heavy atom. The number of ether oxygens (including phenoxy) is 2. The van der Waals surface area contributed by atoms with Crippen molar-refractivity contribution in [2.24, 2.45) is 5.11 Å². The molecule has 1 aliphatic rings. The molecule has 0 aliphatic carbocycles. The number of aromatic nitrogens is 2. The summed E-state index contributed by atoms with van der Waals surface area (Å²) in [6.07, 6.45) is -3.47. The number of H-pyrrole nitrogens is 1. The molecule has 3 N–H and O–H groups in total. The Bertz CT molecular complexity index is 1340. The molecule has 3 rings (SSSR count). The summed E-state index contributed by atoms with van der Waals surface area (Å²) in [5, 5.41) is 17.1. The number of aliphatic hydroxyl groups is 1. The van der Waals surface area contributed by atoms with Gasteiger partial charge in [0, 0.05) is 17.2 Å². The summed E-state index contributed by atoms with van der Waals surface area (Å²) in [6.45, 7) is 5.50. The van der Waals surface area contributed by atoms with Gasteiger partial charge in [0.05, 0.1) is 18.8 Å². The van der Waals surface area contributed by atoms with E-state index in [1.165, 1.54) is 26.0 Å². The summed E-state index contributed by atoms with van der Waals surface area (Å²) in [7, 11) is -4.30. The van der Waals surface area contributed by atoms with Gasteiger partial charge in [0.15, 0.2) is 6.23 Å². The maximum absolute atomic E-state index is 13.7. The van der Waals surface area contributed by atoms with E-state index < -0.39 is 67.7 Å². The molecule has 16 heteroatoms. The first-order valence-electron chi connectivity index (χ1n) is 11.6. The molecule has 1 saturated heterocycles. The van der Waals surface area contributed by atoms with Crippen LogP contribution in [0.4, 0.5) is 0 Å². The molecule has 15 nitrogen and oxygen atoms in total. The summed E-state index contributed by atoms with van der Waals surface area (Å²) >= 11 is 0. The van der Waals surface area contributed by atoms with E-state index in [4.69, 9.17) is 24.1 Å². The maximum Gasteiger partial charge on any atom is 0.459 e. The standard InChI is InChI=1S/C22H29N6O9P/c1-13(2)35-19(31)14(3)25-38(33,37-15-8-6-5-7-9-15)34-12-16-18(30)22(4,26-27-23)20(36-16)28-11-10-17(29)24-21(28)32/h5-11,13-14,16,18,20,30H,12H2,1-4H3,(H,25,33)(H,24,29,32)/t14-,16+,18+,20?,22+,38?/m0/s1. The van der Waals surface area contributed by atoms with Crippen molar-refractivity contribution in [3.8, 4) is 5.75 Å². The normalized spacial score (nSPS) is 25.3. The highest BCUT2D eigenvalue weighted by Gasteiger charge is 2.55. The highest BCUT2D eigenvalue weighted by atomic mass is 31.2. The SMILES string of the molecule is CC(C)OC(=O)[C@H](C)NP(=O)(OC[C@H]1OC(n2ccc(=O)[nH]c2=O)[C@](C)(N=[N+]=[N-])[C@@H]1O)Oc1ccccc1. The van der Waals surface area contributed by atoms with Crippen LogP contribution >= 0.6 is 7.75 Å². The van der Waals surface area contributed by atoms with Crippen molar-refractivity contribution < 1.29 is 33.0 Å². The monoisotopic (exact) mass is 552 g/mol. The van der Waals surface area contributed by atoms with Gasteiger partial charge in [0.1, 0.15) is 23.4 Å². The lowest BCUT2D eigenvalue weighted by atomic mass is 9.93. The molecular weight excluding hydrogens is 523 g/mol. The minimum atomic E-state index is -4.30. The van der Waals surface area contributed by atoms with Gasteiger partial charge in [-0.1, -0.05) is 23.3 Å². The van der Waals surface area contributed by atoms with Gasteiger partial charge < -0.3 is 19.1 Å². The molecule has 0 bridgehead atoms. The number of carbonyl (C=O) groups excluding carboxylic acids is 1. The van der Waals surface area contributed by atoms with Crippen LogP contribution in [0, 0.1) is 0 Å². The summed E-state index contributed by atoms with van der Waals surface area (Å²) in [5.74, 6) is -0.539. The number of rotatable bonds is 11. The molecule has 2 aromatic rings. The van der Waals surface area contributed by atoms with Gasteiger partial charge >= 0.3 is 19.4 Å². The molecule has 1 fully saturated rings. The minimum absolute atomic E-state index is 0.164. The van der Waals surface area contributed by atoms with Gasteiger partial charge in [-0.25, -0.2) is 9.36 Å². The second-order valence-corrected chi connectivity index (χ2v) is 10.6. The number of nitrogens with one attached hydrogen (secondary N) is 2.